The summed E-state index contributed by atoms with van der Waals surface area (Å²) in [5.74, 6) is 2.20. The molecule has 0 amide bonds. The Labute approximate surface area is 132 Å². The molecular formula is C14H14ClN7. The maximum Gasteiger partial charge on any atom is 0.223 e. The fraction of sp³-hybridized carbons (Fsp3) is 0.143. The summed E-state index contributed by atoms with van der Waals surface area (Å²) in [4.78, 5) is 12.3. The minimum absolute atomic E-state index is 0.140. The van der Waals surface area contributed by atoms with Gasteiger partial charge in [0.25, 0.3) is 0 Å². The van der Waals surface area contributed by atoms with Crippen molar-refractivity contribution in [2.45, 2.75) is 6.42 Å². The second-order valence-electron chi connectivity index (χ2n) is 4.58. The number of nitrogens with zero attached hydrogens (tertiary/aromatic N) is 4. The lowest BCUT2D eigenvalue weighted by Crippen LogP contribution is -2.08. The Morgan fingerprint density at radius 3 is 2.73 bits per heavy atom. The van der Waals surface area contributed by atoms with Gasteiger partial charge in [0.15, 0.2) is 5.82 Å². The lowest BCUT2D eigenvalue weighted by molar-refractivity contribution is 0.896. The zero-order valence-electron chi connectivity index (χ0n) is 11.6. The first kappa shape index (κ1) is 14.3. The molecule has 0 aliphatic heterocycles. The molecule has 0 radical (unpaired) electrons. The van der Waals surface area contributed by atoms with Crippen LogP contribution in [0.5, 0.6) is 0 Å². The van der Waals surface area contributed by atoms with Crippen LogP contribution in [0.25, 0.3) is 11.4 Å². The van der Waals surface area contributed by atoms with Gasteiger partial charge >= 0.3 is 0 Å². The van der Waals surface area contributed by atoms with Crippen molar-refractivity contribution in [3.63, 3.8) is 0 Å². The van der Waals surface area contributed by atoms with Gasteiger partial charge in [0.2, 0.25) is 5.95 Å². The summed E-state index contributed by atoms with van der Waals surface area (Å²) >= 11 is 5.82. The normalized spacial score (nSPS) is 10.6. The number of aromatic amines is 1. The number of halogens is 1. The van der Waals surface area contributed by atoms with Crippen LogP contribution in [0, 0.1) is 0 Å². The van der Waals surface area contributed by atoms with Crippen LogP contribution in [0.1, 0.15) is 5.82 Å². The van der Waals surface area contributed by atoms with E-state index in [1.165, 1.54) is 0 Å². The van der Waals surface area contributed by atoms with E-state index in [2.05, 4.69) is 30.5 Å². The maximum absolute atomic E-state index is 5.82. The van der Waals surface area contributed by atoms with E-state index in [1.54, 1.807) is 6.07 Å². The van der Waals surface area contributed by atoms with Crippen LogP contribution >= 0.6 is 11.6 Å². The van der Waals surface area contributed by atoms with E-state index in [1.807, 2.05) is 30.3 Å². The number of nitrogens with one attached hydrogen (secondary N) is 2. The molecule has 0 atom stereocenters. The van der Waals surface area contributed by atoms with Crippen LogP contribution < -0.4 is 11.1 Å². The molecule has 3 aromatic rings. The predicted molar refractivity (Wildman–Crippen MR) is 85.5 cm³/mol. The molecule has 3 rings (SSSR count). The molecule has 2 heterocycles. The molecule has 0 bridgehead atoms. The summed E-state index contributed by atoms with van der Waals surface area (Å²) in [6.45, 7) is 0.621. The van der Waals surface area contributed by atoms with Gasteiger partial charge < -0.3 is 11.1 Å². The molecule has 0 aliphatic carbocycles. The lowest BCUT2D eigenvalue weighted by atomic mass is 10.2. The van der Waals surface area contributed by atoms with Crippen molar-refractivity contribution in [3.05, 3.63) is 47.4 Å². The van der Waals surface area contributed by atoms with Gasteiger partial charge in [-0.3, -0.25) is 5.10 Å². The third-order valence-electron chi connectivity index (χ3n) is 2.94. The zero-order chi connectivity index (χ0) is 15.4. The van der Waals surface area contributed by atoms with Crippen molar-refractivity contribution in [1.82, 2.24) is 25.1 Å². The van der Waals surface area contributed by atoms with Crippen LogP contribution in [0.4, 0.5) is 11.8 Å². The summed E-state index contributed by atoms with van der Waals surface area (Å²) in [6, 6.07) is 11.4. The van der Waals surface area contributed by atoms with Crippen LogP contribution in [-0.2, 0) is 6.42 Å². The SMILES string of the molecule is Nc1nc(Cl)cc(NCCc2nc(-c3ccccc3)n[nH]2)n1. The molecular weight excluding hydrogens is 302 g/mol. The molecule has 112 valence electrons. The molecule has 0 saturated heterocycles. The smallest absolute Gasteiger partial charge is 0.223 e. The highest BCUT2D eigenvalue weighted by atomic mass is 35.5. The lowest BCUT2D eigenvalue weighted by Gasteiger charge is -2.04. The van der Waals surface area contributed by atoms with Gasteiger partial charge in [0, 0.05) is 24.6 Å². The molecule has 0 unspecified atom stereocenters. The van der Waals surface area contributed by atoms with Crippen molar-refractivity contribution in [2.24, 2.45) is 0 Å². The van der Waals surface area contributed by atoms with Gasteiger partial charge in [-0.25, -0.2) is 9.97 Å². The van der Waals surface area contributed by atoms with Gasteiger partial charge in [-0.05, 0) is 0 Å². The van der Waals surface area contributed by atoms with Crippen molar-refractivity contribution in [1.29, 1.82) is 0 Å². The van der Waals surface area contributed by atoms with Gasteiger partial charge in [-0.15, -0.1) is 0 Å². The summed E-state index contributed by atoms with van der Waals surface area (Å²) in [6.07, 6.45) is 0.668. The number of benzene rings is 1. The average molecular weight is 316 g/mol. The molecule has 7 nitrogen and oxygen atoms in total. The Morgan fingerprint density at radius 2 is 1.95 bits per heavy atom. The van der Waals surface area contributed by atoms with E-state index in [0.717, 1.165) is 11.4 Å². The second kappa shape index (κ2) is 6.40. The van der Waals surface area contributed by atoms with E-state index in [9.17, 15) is 0 Å². The number of hydrogen-bond donors (Lipinski definition) is 3. The molecule has 1 aromatic carbocycles. The van der Waals surface area contributed by atoms with Crippen LogP contribution in [0.15, 0.2) is 36.4 Å². The van der Waals surface area contributed by atoms with E-state index in [4.69, 9.17) is 17.3 Å². The Morgan fingerprint density at radius 1 is 1.14 bits per heavy atom. The Kier molecular flexibility index (Phi) is 4.15. The maximum atomic E-state index is 5.82. The van der Waals surface area contributed by atoms with Crippen molar-refractivity contribution >= 4 is 23.4 Å². The fourth-order valence-corrected chi connectivity index (χ4v) is 2.15. The standard InChI is InChI=1S/C14H14ClN7/c15-10-8-12(20-14(16)18-10)17-7-6-11-19-13(22-21-11)9-4-2-1-3-5-9/h1-5,8H,6-7H2,(H,19,21,22)(H3,16,17,18,20). The third-order valence-corrected chi connectivity index (χ3v) is 3.14. The van der Waals surface area contributed by atoms with Gasteiger partial charge in [-0.2, -0.15) is 10.1 Å². The van der Waals surface area contributed by atoms with Crippen LogP contribution in [0.2, 0.25) is 5.15 Å². The van der Waals surface area contributed by atoms with Crippen molar-refractivity contribution < 1.29 is 0 Å². The van der Waals surface area contributed by atoms with Gasteiger partial charge in [0.1, 0.15) is 16.8 Å². The Hall–Kier alpha value is -2.67. The van der Waals surface area contributed by atoms with Crippen molar-refractivity contribution in [2.75, 3.05) is 17.6 Å². The zero-order valence-corrected chi connectivity index (χ0v) is 12.4. The van der Waals surface area contributed by atoms with Crippen molar-refractivity contribution in [3.8, 4) is 11.4 Å². The highest BCUT2D eigenvalue weighted by Gasteiger charge is 2.05. The molecule has 0 aliphatic rings. The number of hydrogen-bond acceptors (Lipinski definition) is 6. The molecule has 2 aromatic heterocycles. The molecule has 0 saturated carbocycles. The fourth-order valence-electron chi connectivity index (χ4n) is 1.96. The minimum atomic E-state index is 0.140. The minimum Gasteiger partial charge on any atom is -0.369 e. The number of aromatic nitrogens is 5. The summed E-state index contributed by atoms with van der Waals surface area (Å²) in [5.41, 5.74) is 6.51. The molecule has 8 heteroatoms. The van der Waals surface area contributed by atoms with E-state index in [0.29, 0.717) is 29.8 Å². The summed E-state index contributed by atoms with van der Waals surface area (Å²) in [5, 5.41) is 10.6. The largest absolute Gasteiger partial charge is 0.369 e. The van der Waals surface area contributed by atoms with Gasteiger partial charge in [-0.1, -0.05) is 41.9 Å². The number of rotatable bonds is 5. The van der Waals surface area contributed by atoms with E-state index in [-0.39, 0.29) is 5.95 Å². The van der Waals surface area contributed by atoms with Crippen LogP contribution in [0.3, 0.4) is 0 Å². The van der Waals surface area contributed by atoms with E-state index >= 15 is 0 Å². The van der Waals surface area contributed by atoms with E-state index < -0.39 is 0 Å². The number of nitrogens with two attached hydrogens (primary N) is 1. The number of nitrogen functional groups attached to an aromatic ring is 1. The summed E-state index contributed by atoms with van der Waals surface area (Å²) in [7, 11) is 0. The Balaban J connectivity index is 1.59. The summed E-state index contributed by atoms with van der Waals surface area (Å²) < 4.78 is 0. The highest BCUT2D eigenvalue weighted by molar-refractivity contribution is 6.29. The molecule has 22 heavy (non-hydrogen) atoms. The van der Waals surface area contributed by atoms with Crippen LogP contribution in [-0.4, -0.2) is 31.7 Å². The van der Waals surface area contributed by atoms with Gasteiger partial charge in [0.05, 0.1) is 0 Å². The first-order valence-corrected chi connectivity index (χ1v) is 7.09. The quantitative estimate of drug-likeness (QED) is 0.623. The molecule has 0 spiro atoms. The third kappa shape index (κ3) is 3.50. The monoisotopic (exact) mass is 315 g/mol. The first-order chi connectivity index (χ1) is 10.7. The topological polar surface area (TPSA) is 105 Å². The molecule has 0 fully saturated rings. The molecule has 4 N–H and O–H groups in total. The second-order valence-corrected chi connectivity index (χ2v) is 4.97. The predicted octanol–water partition coefficient (Wildman–Crippen LogP) is 2.15. The highest BCUT2D eigenvalue weighted by Crippen LogP contribution is 2.14. The first-order valence-electron chi connectivity index (χ1n) is 6.71. The average Bonchev–Trinajstić information content (AvgIpc) is 2.96. The Bertz CT molecular complexity index is 737. The number of H-pyrrole nitrogens is 1. The number of anilines is 2.